The monoisotopic (exact) mass is 241 g/mol. The Balaban J connectivity index is 2.65. The number of Topliss-reactive ketones (excluding diaryl/α,β-unsaturated/α-hetero) is 1. The Bertz CT molecular complexity index is 292. The van der Waals surface area contributed by atoms with Crippen LogP contribution in [0.2, 0.25) is 0 Å². The van der Waals surface area contributed by atoms with Gasteiger partial charge in [-0.25, -0.2) is 0 Å². The number of carbonyl (C=O) groups excluding carboxylic acids is 1. The summed E-state index contributed by atoms with van der Waals surface area (Å²) >= 11 is 3.29. The molecule has 0 radical (unpaired) electrons. The standard InChI is InChI=1S/C10H12BrNO/c1-7(2)10(13)5-9-4-3-8(11)6-12-9/h3-4,6-7H,5H2,1-2H3. The number of halogens is 1. The minimum Gasteiger partial charge on any atom is -0.299 e. The topological polar surface area (TPSA) is 30.0 Å². The van der Waals surface area contributed by atoms with Crippen LogP contribution >= 0.6 is 15.9 Å². The normalized spacial score (nSPS) is 10.5. The molecule has 0 atom stereocenters. The number of pyridine rings is 1. The smallest absolute Gasteiger partial charge is 0.141 e. The van der Waals surface area contributed by atoms with Crippen LogP contribution in [0.5, 0.6) is 0 Å². The van der Waals surface area contributed by atoms with Crippen LogP contribution in [0.25, 0.3) is 0 Å². The molecule has 0 saturated heterocycles. The van der Waals surface area contributed by atoms with Gasteiger partial charge in [-0.3, -0.25) is 9.78 Å². The SMILES string of the molecule is CC(C)C(=O)Cc1ccc(Br)cn1. The Kier molecular flexibility index (Phi) is 3.60. The third-order valence-electron chi connectivity index (χ3n) is 1.79. The fourth-order valence-electron chi connectivity index (χ4n) is 0.894. The lowest BCUT2D eigenvalue weighted by molar-refractivity contribution is -0.121. The predicted octanol–water partition coefficient (Wildman–Crippen LogP) is 2.61. The molecule has 0 unspecified atom stereocenters. The van der Waals surface area contributed by atoms with Gasteiger partial charge < -0.3 is 0 Å². The molecule has 0 fully saturated rings. The zero-order valence-electron chi connectivity index (χ0n) is 7.75. The number of nitrogens with zero attached hydrogens (tertiary/aromatic N) is 1. The van der Waals surface area contributed by atoms with Gasteiger partial charge in [0.15, 0.2) is 0 Å². The summed E-state index contributed by atoms with van der Waals surface area (Å²) in [6.45, 7) is 3.81. The van der Waals surface area contributed by atoms with Crippen molar-refractivity contribution < 1.29 is 4.79 Å². The molecule has 13 heavy (non-hydrogen) atoms. The average molecular weight is 242 g/mol. The average Bonchev–Trinajstić information content (AvgIpc) is 2.08. The van der Waals surface area contributed by atoms with E-state index in [1.807, 2.05) is 26.0 Å². The molecule has 0 saturated carbocycles. The second-order valence-electron chi connectivity index (χ2n) is 3.27. The molecule has 0 N–H and O–H groups in total. The molecular weight excluding hydrogens is 230 g/mol. The summed E-state index contributed by atoms with van der Waals surface area (Å²) in [5.41, 5.74) is 0.835. The Labute approximate surface area is 86.5 Å². The largest absolute Gasteiger partial charge is 0.299 e. The lowest BCUT2D eigenvalue weighted by atomic mass is 10.0. The first-order valence-corrected chi connectivity index (χ1v) is 5.02. The summed E-state index contributed by atoms with van der Waals surface area (Å²) in [6, 6.07) is 3.76. The van der Waals surface area contributed by atoms with Crippen molar-refractivity contribution in [3.05, 3.63) is 28.5 Å². The molecule has 3 heteroatoms. The van der Waals surface area contributed by atoms with E-state index in [2.05, 4.69) is 20.9 Å². The highest BCUT2D eigenvalue weighted by Crippen LogP contribution is 2.09. The molecule has 1 rings (SSSR count). The van der Waals surface area contributed by atoms with E-state index >= 15 is 0 Å². The molecular formula is C10H12BrNO. The van der Waals surface area contributed by atoms with E-state index in [4.69, 9.17) is 0 Å². The van der Waals surface area contributed by atoms with Gasteiger partial charge >= 0.3 is 0 Å². The minimum atomic E-state index is 0.0884. The van der Waals surface area contributed by atoms with Crippen molar-refractivity contribution in [2.45, 2.75) is 20.3 Å². The van der Waals surface area contributed by atoms with Gasteiger partial charge in [-0.1, -0.05) is 13.8 Å². The van der Waals surface area contributed by atoms with E-state index < -0.39 is 0 Å². The Hall–Kier alpha value is -0.700. The molecule has 0 aromatic carbocycles. The van der Waals surface area contributed by atoms with Gasteiger partial charge in [0, 0.05) is 28.7 Å². The molecule has 0 aliphatic carbocycles. The summed E-state index contributed by atoms with van der Waals surface area (Å²) in [5.74, 6) is 0.320. The van der Waals surface area contributed by atoms with Gasteiger partial charge in [0.2, 0.25) is 0 Å². The lowest BCUT2D eigenvalue weighted by Crippen LogP contribution is -2.10. The zero-order chi connectivity index (χ0) is 9.84. The number of hydrogen-bond acceptors (Lipinski definition) is 2. The fourth-order valence-corrected chi connectivity index (χ4v) is 1.13. The van der Waals surface area contributed by atoms with Crippen LogP contribution in [0.3, 0.4) is 0 Å². The van der Waals surface area contributed by atoms with Crippen LogP contribution < -0.4 is 0 Å². The molecule has 70 valence electrons. The van der Waals surface area contributed by atoms with Gasteiger partial charge in [-0.2, -0.15) is 0 Å². The predicted molar refractivity (Wildman–Crippen MR) is 55.5 cm³/mol. The van der Waals surface area contributed by atoms with Crippen LogP contribution in [0.1, 0.15) is 19.5 Å². The van der Waals surface area contributed by atoms with Crippen molar-refractivity contribution in [2.75, 3.05) is 0 Å². The first-order valence-electron chi connectivity index (χ1n) is 4.22. The highest BCUT2D eigenvalue weighted by Gasteiger charge is 2.08. The molecule has 1 aromatic rings. The van der Waals surface area contributed by atoms with E-state index in [-0.39, 0.29) is 11.7 Å². The number of hydrogen-bond donors (Lipinski definition) is 0. The van der Waals surface area contributed by atoms with Crippen molar-refractivity contribution in [2.24, 2.45) is 5.92 Å². The van der Waals surface area contributed by atoms with Crippen LogP contribution in [0, 0.1) is 5.92 Å². The number of ketones is 1. The van der Waals surface area contributed by atoms with Crippen molar-refractivity contribution in [3.63, 3.8) is 0 Å². The molecule has 1 heterocycles. The molecule has 1 aromatic heterocycles. The Morgan fingerprint density at radius 3 is 2.69 bits per heavy atom. The number of rotatable bonds is 3. The highest BCUT2D eigenvalue weighted by atomic mass is 79.9. The highest BCUT2D eigenvalue weighted by molar-refractivity contribution is 9.10. The van der Waals surface area contributed by atoms with Crippen LogP contribution in [-0.4, -0.2) is 10.8 Å². The van der Waals surface area contributed by atoms with E-state index in [0.717, 1.165) is 10.2 Å². The lowest BCUT2D eigenvalue weighted by Gasteiger charge is -2.02. The molecule has 0 bridgehead atoms. The summed E-state index contributed by atoms with van der Waals surface area (Å²) in [6.07, 6.45) is 2.15. The second kappa shape index (κ2) is 4.51. The van der Waals surface area contributed by atoms with Gasteiger partial charge in [0.25, 0.3) is 0 Å². The van der Waals surface area contributed by atoms with E-state index in [1.54, 1.807) is 6.20 Å². The van der Waals surface area contributed by atoms with E-state index in [9.17, 15) is 4.79 Å². The van der Waals surface area contributed by atoms with Crippen molar-refractivity contribution >= 4 is 21.7 Å². The molecule has 0 aliphatic heterocycles. The van der Waals surface area contributed by atoms with Crippen LogP contribution in [-0.2, 0) is 11.2 Å². The molecule has 2 nitrogen and oxygen atoms in total. The van der Waals surface area contributed by atoms with Crippen molar-refractivity contribution in [1.82, 2.24) is 4.98 Å². The molecule has 0 spiro atoms. The van der Waals surface area contributed by atoms with Crippen LogP contribution in [0.15, 0.2) is 22.8 Å². The van der Waals surface area contributed by atoms with Crippen molar-refractivity contribution in [1.29, 1.82) is 0 Å². The third-order valence-corrected chi connectivity index (χ3v) is 2.26. The number of aromatic nitrogens is 1. The van der Waals surface area contributed by atoms with Gasteiger partial charge in [0.1, 0.15) is 5.78 Å². The van der Waals surface area contributed by atoms with E-state index in [1.165, 1.54) is 0 Å². The molecule has 0 aliphatic rings. The summed E-state index contributed by atoms with van der Waals surface area (Å²) in [5, 5.41) is 0. The summed E-state index contributed by atoms with van der Waals surface area (Å²) in [4.78, 5) is 15.5. The summed E-state index contributed by atoms with van der Waals surface area (Å²) in [7, 11) is 0. The zero-order valence-corrected chi connectivity index (χ0v) is 9.34. The van der Waals surface area contributed by atoms with Gasteiger partial charge in [-0.15, -0.1) is 0 Å². The maximum Gasteiger partial charge on any atom is 0.141 e. The molecule has 0 amide bonds. The number of carbonyl (C=O) groups is 1. The quantitative estimate of drug-likeness (QED) is 0.815. The Morgan fingerprint density at radius 1 is 1.54 bits per heavy atom. The maximum atomic E-state index is 11.3. The van der Waals surface area contributed by atoms with Crippen LogP contribution in [0.4, 0.5) is 0 Å². The Morgan fingerprint density at radius 2 is 2.23 bits per heavy atom. The second-order valence-corrected chi connectivity index (χ2v) is 4.18. The third kappa shape index (κ3) is 3.27. The van der Waals surface area contributed by atoms with Crippen molar-refractivity contribution in [3.8, 4) is 0 Å². The first kappa shape index (κ1) is 10.4. The summed E-state index contributed by atoms with van der Waals surface area (Å²) < 4.78 is 0.938. The fraction of sp³-hybridized carbons (Fsp3) is 0.400. The van der Waals surface area contributed by atoms with E-state index in [0.29, 0.717) is 6.42 Å². The van der Waals surface area contributed by atoms with Gasteiger partial charge in [-0.05, 0) is 28.1 Å². The maximum absolute atomic E-state index is 11.3. The first-order chi connectivity index (χ1) is 6.09. The van der Waals surface area contributed by atoms with Gasteiger partial charge in [0.05, 0.1) is 0 Å². The minimum absolute atomic E-state index is 0.0884.